The van der Waals surface area contributed by atoms with Crippen LogP contribution in [0.1, 0.15) is 67.9 Å². The quantitative estimate of drug-likeness (QED) is 0.474. The topological polar surface area (TPSA) is 49.9 Å². The van der Waals surface area contributed by atoms with Gasteiger partial charge in [-0.15, -0.1) is 0 Å². The fourth-order valence-corrected chi connectivity index (χ4v) is 5.59. The van der Waals surface area contributed by atoms with Gasteiger partial charge in [0.25, 0.3) is 0 Å². The molecule has 0 spiro atoms. The summed E-state index contributed by atoms with van der Waals surface area (Å²) in [6, 6.07) is 12.9. The minimum Gasteiger partial charge on any atom is -0.444 e. The largest absolute Gasteiger partial charge is 0.444 e. The average molecular weight is 491 g/mol. The lowest BCUT2D eigenvalue weighted by molar-refractivity contribution is 0.0183. The molecule has 1 aliphatic carbocycles. The molecule has 1 fully saturated rings. The van der Waals surface area contributed by atoms with Gasteiger partial charge in [0.2, 0.25) is 0 Å². The van der Waals surface area contributed by atoms with Crippen LogP contribution < -0.4 is 4.90 Å². The summed E-state index contributed by atoms with van der Waals surface area (Å²) in [6.07, 6.45) is 3.82. The number of carbonyl (C=O) groups is 2. The number of fused-ring (bicyclic) bond motifs is 2. The monoisotopic (exact) mass is 490 g/mol. The van der Waals surface area contributed by atoms with Crippen molar-refractivity contribution < 1.29 is 18.7 Å². The lowest BCUT2D eigenvalue weighted by Gasteiger charge is -2.33. The van der Waals surface area contributed by atoms with Crippen molar-refractivity contribution in [3.63, 3.8) is 0 Å². The second kappa shape index (κ2) is 9.72. The third kappa shape index (κ3) is 5.32. The Balaban J connectivity index is 1.22. The van der Waals surface area contributed by atoms with Crippen LogP contribution in [-0.4, -0.2) is 48.6 Å². The predicted molar refractivity (Wildman–Crippen MR) is 140 cm³/mol. The highest BCUT2D eigenvalue weighted by Crippen LogP contribution is 2.39. The van der Waals surface area contributed by atoms with E-state index in [1.807, 2.05) is 39.0 Å². The molecule has 1 saturated heterocycles. The van der Waals surface area contributed by atoms with E-state index >= 15 is 0 Å². The highest BCUT2D eigenvalue weighted by Gasteiger charge is 2.30. The Morgan fingerprint density at radius 2 is 1.75 bits per heavy atom. The number of rotatable bonds is 4. The number of nitrogens with zero attached hydrogens (tertiary/aromatic N) is 2. The highest BCUT2D eigenvalue weighted by molar-refractivity contribution is 5.98. The Morgan fingerprint density at radius 1 is 1.03 bits per heavy atom. The van der Waals surface area contributed by atoms with Gasteiger partial charge in [-0.2, -0.15) is 0 Å². The van der Waals surface area contributed by atoms with Crippen LogP contribution in [0.3, 0.4) is 0 Å². The average Bonchev–Trinajstić information content (AvgIpc) is 3.21. The number of likely N-dealkylation sites (tertiary alicyclic amines) is 1. The number of anilines is 1. The highest BCUT2D eigenvalue weighted by atomic mass is 19.1. The van der Waals surface area contributed by atoms with E-state index < -0.39 is 5.60 Å². The van der Waals surface area contributed by atoms with Crippen LogP contribution in [0.2, 0.25) is 0 Å². The lowest BCUT2D eigenvalue weighted by Crippen LogP contribution is -2.42. The van der Waals surface area contributed by atoms with Crippen molar-refractivity contribution in [2.75, 3.05) is 31.1 Å². The maximum absolute atomic E-state index is 13.4. The van der Waals surface area contributed by atoms with Gasteiger partial charge in [-0.25, -0.2) is 9.18 Å². The molecule has 0 atom stereocenters. The second-order valence-electron chi connectivity index (χ2n) is 11.3. The maximum Gasteiger partial charge on any atom is 0.410 e. The molecule has 5 rings (SSSR count). The van der Waals surface area contributed by atoms with E-state index in [4.69, 9.17) is 4.74 Å². The molecule has 0 unspecified atom stereocenters. The van der Waals surface area contributed by atoms with Crippen molar-refractivity contribution in [1.29, 1.82) is 0 Å². The van der Waals surface area contributed by atoms with Gasteiger partial charge >= 0.3 is 6.09 Å². The van der Waals surface area contributed by atoms with E-state index in [0.29, 0.717) is 19.5 Å². The lowest BCUT2D eigenvalue weighted by atomic mass is 9.89. The molecule has 1 amide bonds. The number of halogens is 1. The first-order chi connectivity index (χ1) is 17.2. The van der Waals surface area contributed by atoms with Gasteiger partial charge in [0.1, 0.15) is 11.4 Å². The first-order valence-electron chi connectivity index (χ1n) is 13.0. The number of benzene rings is 2. The third-order valence-corrected chi connectivity index (χ3v) is 7.55. The van der Waals surface area contributed by atoms with Gasteiger partial charge < -0.3 is 14.5 Å². The summed E-state index contributed by atoms with van der Waals surface area (Å²) in [5, 5.41) is 0. The molecule has 0 saturated carbocycles. The van der Waals surface area contributed by atoms with Crippen LogP contribution in [0, 0.1) is 11.7 Å². The molecule has 0 bridgehead atoms. The normalized spacial score (nSPS) is 18.2. The van der Waals surface area contributed by atoms with Crippen molar-refractivity contribution in [1.82, 2.24) is 4.90 Å². The zero-order chi connectivity index (χ0) is 25.4. The van der Waals surface area contributed by atoms with Gasteiger partial charge in [0.05, 0.1) is 0 Å². The first kappa shape index (κ1) is 24.5. The SMILES string of the molecule is CC(C)(C)OC(=O)N1CCC(CC(=O)c2ccc3c(c2)C2=C(CCN(c4ccc(F)cc4)C2)C3)CC1. The number of ether oxygens (including phenoxy) is 1. The van der Waals surface area contributed by atoms with Crippen LogP contribution in [0.4, 0.5) is 14.9 Å². The number of hydrogen-bond donors (Lipinski definition) is 0. The number of ketones is 1. The van der Waals surface area contributed by atoms with E-state index in [9.17, 15) is 14.0 Å². The van der Waals surface area contributed by atoms with E-state index in [1.54, 1.807) is 4.90 Å². The smallest absolute Gasteiger partial charge is 0.410 e. The molecule has 2 aromatic rings. The fourth-order valence-electron chi connectivity index (χ4n) is 5.59. The second-order valence-corrected chi connectivity index (χ2v) is 11.3. The number of amides is 1. The zero-order valence-electron chi connectivity index (χ0n) is 21.5. The Hall–Kier alpha value is -3.15. The molecule has 2 aromatic carbocycles. The molecule has 6 heteroatoms. The maximum atomic E-state index is 13.4. The van der Waals surface area contributed by atoms with E-state index in [0.717, 1.165) is 50.0 Å². The summed E-state index contributed by atoms with van der Waals surface area (Å²) >= 11 is 0. The fraction of sp³-hybridized carbons (Fsp3) is 0.467. The van der Waals surface area contributed by atoms with Gasteiger partial charge in [0, 0.05) is 43.9 Å². The summed E-state index contributed by atoms with van der Waals surface area (Å²) in [7, 11) is 0. The van der Waals surface area contributed by atoms with Crippen molar-refractivity contribution >= 4 is 23.1 Å². The molecule has 0 radical (unpaired) electrons. The van der Waals surface area contributed by atoms with E-state index in [2.05, 4.69) is 17.0 Å². The molecule has 36 heavy (non-hydrogen) atoms. The van der Waals surface area contributed by atoms with Crippen LogP contribution >= 0.6 is 0 Å². The van der Waals surface area contributed by atoms with Crippen molar-refractivity contribution in [2.24, 2.45) is 5.92 Å². The molecule has 0 aromatic heterocycles. The molecule has 3 aliphatic rings. The summed E-state index contributed by atoms with van der Waals surface area (Å²) in [6.45, 7) is 8.60. The van der Waals surface area contributed by atoms with Crippen LogP contribution in [0.15, 0.2) is 48.0 Å². The Kier molecular flexibility index (Phi) is 6.62. The number of carbonyl (C=O) groups excluding carboxylic acids is 2. The van der Waals surface area contributed by atoms with Gasteiger partial charge in [-0.05, 0) is 99.4 Å². The van der Waals surface area contributed by atoms with Gasteiger partial charge in [-0.3, -0.25) is 4.79 Å². The first-order valence-corrected chi connectivity index (χ1v) is 13.0. The van der Waals surface area contributed by atoms with Gasteiger partial charge in [0.15, 0.2) is 5.78 Å². The molecule has 0 N–H and O–H groups in total. The molecule has 2 heterocycles. The molecule has 190 valence electrons. The van der Waals surface area contributed by atoms with Crippen LogP contribution in [-0.2, 0) is 11.2 Å². The standard InChI is InChI=1S/C30H35FN2O3/c1-30(2,3)36-29(35)32-13-10-20(11-14-32)16-28(34)23-5-4-21-17-22-12-15-33(19-27(22)26(21)18-23)25-8-6-24(31)7-9-25/h4-9,18,20H,10-17,19H2,1-3H3. The van der Waals surface area contributed by atoms with Crippen molar-refractivity contribution in [2.45, 2.75) is 58.5 Å². The molecular weight excluding hydrogens is 455 g/mol. The predicted octanol–water partition coefficient (Wildman–Crippen LogP) is 6.27. The number of piperidine rings is 1. The Morgan fingerprint density at radius 3 is 2.44 bits per heavy atom. The molecule has 2 aliphatic heterocycles. The van der Waals surface area contributed by atoms with E-state index in [1.165, 1.54) is 34.4 Å². The minimum absolute atomic E-state index is 0.175. The summed E-state index contributed by atoms with van der Waals surface area (Å²) in [4.78, 5) is 29.6. The summed E-state index contributed by atoms with van der Waals surface area (Å²) in [5.74, 6) is 0.233. The van der Waals surface area contributed by atoms with Crippen LogP contribution in [0.5, 0.6) is 0 Å². The third-order valence-electron chi connectivity index (χ3n) is 7.55. The van der Waals surface area contributed by atoms with Gasteiger partial charge in [-0.1, -0.05) is 17.7 Å². The Labute approximate surface area is 212 Å². The minimum atomic E-state index is -0.499. The summed E-state index contributed by atoms with van der Waals surface area (Å²) < 4.78 is 18.9. The van der Waals surface area contributed by atoms with E-state index in [-0.39, 0.29) is 23.6 Å². The van der Waals surface area contributed by atoms with Crippen molar-refractivity contribution in [3.8, 4) is 0 Å². The summed E-state index contributed by atoms with van der Waals surface area (Å²) in [5.41, 5.74) is 6.58. The molecular formula is C30H35FN2O3. The number of Topliss-reactive ketones (excluding diaryl/α,β-unsaturated/α-hetero) is 1. The van der Waals surface area contributed by atoms with Crippen molar-refractivity contribution in [3.05, 3.63) is 70.5 Å². The Bertz CT molecular complexity index is 1190. The molecule has 5 nitrogen and oxygen atoms in total. The van der Waals surface area contributed by atoms with Crippen LogP contribution in [0.25, 0.3) is 5.57 Å². The number of hydrogen-bond acceptors (Lipinski definition) is 4. The zero-order valence-corrected chi connectivity index (χ0v) is 21.5.